The molecule has 0 N–H and O–H groups in total. The molecule has 0 saturated carbocycles. The van der Waals surface area contributed by atoms with Crippen molar-refractivity contribution in [1.29, 1.82) is 0 Å². The van der Waals surface area contributed by atoms with Crippen LogP contribution in [0.15, 0.2) is 120 Å². The van der Waals surface area contributed by atoms with Crippen molar-refractivity contribution in [3.05, 3.63) is 132 Å². The molecule has 0 radical (unpaired) electrons. The lowest BCUT2D eigenvalue weighted by atomic mass is 10.1. The van der Waals surface area contributed by atoms with Crippen molar-refractivity contribution in [3.8, 4) is 0 Å². The molecule has 2 heteroatoms. The van der Waals surface area contributed by atoms with Crippen LogP contribution in [0, 0.1) is 0 Å². The Kier molecular flexibility index (Phi) is 6.67. The third-order valence-electron chi connectivity index (χ3n) is 4.88. The minimum Gasteiger partial charge on any atom is -0.363 e. The van der Waals surface area contributed by atoms with Crippen LogP contribution >= 0.6 is 11.8 Å². The molecule has 4 aromatic carbocycles. The summed E-state index contributed by atoms with van der Waals surface area (Å²) < 4.78 is 0. The van der Waals surface area contributed by atoms with Crippen LogP contribution in [-0.4, -0.2) is 0 Å². The number of hydrogen-bond donors (Lipinski definition) is 0. The second-order valence-corrected chi connectivity index (χ2v) is 8.14. The first-order valence-electron chi connectivity index (χ1n) is 9.96. The Labute approximate surface area is 178 Å². The first-order chi connectivity index (χ1) is 14.4. The molecule has 29 heavy (non-hydrogen) atoms. The van der Waals surface area contributed by atoms with E-state index in [2.05, 4.69) is 120 Å². The van der Waals surface area contributed by atoms with E-state index in [0.717, 1.165) is 18.8 Å². The molecular weight excluding hydrogens is 370 g/mol. The molecule has 0 unspecified atom stereocenters. The van der Waals surface area contributed by atoms with Gasteiger partial charge in [-0.2, -0.15) is 0 Å². The highest BCUT2D eigenvalue weighted by Gasteiger charge is 2.09. The van der Waals surface area contributed by atoms with Crippen LogP contribution in [0.3, 0.4) is 0 Å². The molecule has 0 aromatic heterocycles. The average Bonchev–Trinajstić information content (AvgIpc) is 2.80. The first-order valence-corrected chi connectivity index (χ1v) is 10.9. The van der Waals surface area contributed by atoms with E-state index in [0.29, 0.717) is 0 Å². The van der Waals surface area contributed by atoms with Crippen molar-refractivity contribution >= 4 is 17.4 Å². The van der Waals surface area contributed by atoms with Gasteiger partial charge in [-0.1, -0.05) is 91.0 Å². The van der Waals surface area contributed by atoms with Gasteiger partial charge in [-0.05, 0) is 41.0 Å². The molecule has 1 nitrogen and oxygen atoms in total. The van der Waals surface area contributed by atoms with Gasteiger partial charge in [-0.15, -0.1) is 11.8 Å². The Morgan fingerprint density at radius 2 is 0.931 bits per heavy atom. The van der Waals surface area contributed by atoms with Gasteiger partial charge in [0.2, 0.25) is 0 Å². The van der Waals surface area contributed by atoms with Crippen molar-refractivity contribution in [1.82, 2.24) is 0 Å². The minimum absolute atomic E-state index is 0.895. The van der Waals surface area contributed by atoms with Crippen molar-refractivity contribution in [3.63, 3.8) is 0 Å². The summed E-state index contributed by atoms with van der Waals surface area (Å²) in [6.07, 6.45) is 0. The molecule has 144 valence electrons. The van der Waals surface area contributed by atoms with E-state index in [4.69, 9.17) is 0 Å². The summed E-state index contributed by atoms with van der Waals surface area (Å²) in [7, 11) is 0. The van der Waals surface area contributed by atoms with Crippen molar-refractivity contribution < 1.29 is 0 Å². The maximum absolute atomic E-state index is 2.44. The molecule has 0 spiro atoms. The van der Waals surface area contributed by atoms with E-state index in [1.54, 1.807) is 0 Å². The fraction of sp³-hybridized carbons (Fsp3) is 0.111. The van der Waals surface area contributed by atoms with Gasteiger partial charge < -0.3 is 4.90 Å². The van der Waals surface area contributed by atoms with Gasteiger partial charge in [0.15, 0.2) is 0 Å². The second kappa shape index (κ2) is 9.99. The standard InChI is InChI=1S/C27H25NS/c1-4-10-23(11-5-1)20-28(21-24-12-6-2-7-13-24)26-16-18-27(19-17-26)29-22-25-14-8-3-9-15-25/h1-19H,20-22H2. The largest absolute Gasteiger partial charge is 0.363 e. The molecular formula is C27H25NS. The summed E-state index contributed by atoms with van der Waals surface area (Å²) >= 11 is 1.88. The average molecular weight is 396 g/mol. The number of anilines is 1. The molecule has 0 heterocycles. The van der Waals surface area contributed by atoms with Crippen LogP contribution in [0.2, 0.25) is 0 Å². The summed E-state index contributed by atoms with van der Waals surface area (Å²) in [6, 6.07) is 41.0. The normalized spacial score (nSPS) is 10.6. The van der Waals surface area contributed by atoms with Crippen molar-refractivity contribution in [2.75, 3.05) is 4.90 Å². The number of thioether (sulfide) groups is 1. The highest BCUT2D eigenvalue weighted by atomic mass is 32.2. The number of benzene rings is 4. The van der Waals surface area contributed by atoms with Crippen LogP contribution in [0.4, 0.5) is 5.69 Å². The SMILES string of the molecule is c1ccc(CSc2ccc(N(Cc3ccccc3)Cc3ccccc3)cc2)cc1. The molecule has 0 fully saturated rings. The molecule has 4 aromatic rings. The van der Waals surface area contributed by atoms with E-state index in [-0.39, 0.29) is 0 Å². The quantitative estimate of drug-likeness (QED) is 0.291. The number of hydrogen-bond acceptors (Lipinski definition) is 2. The summed E-state index contributed by atoms with van der Waals surface area (Å²) in [5.41, 5.74) is 5.26. The van der Waals surface area contributed by atoms with Crippen LogP contribution in [0.1, 0.15) is 16.7 Å². The molecule has 0 aliphatic rings. The molecule has 4 rings (SSSR count). The molecule has 0 aliphatic carbocycles. The molecule has 0 saturated heterocycles. The Hall–Kier alpha value is -2.97. The third-order valence-corrected chi connectivity index (χ3v) is 5.97. The Balaban J connectivity index is 1.48. The fourth-order valence-electron chi connectivity index (χ4n) is 3.34. The van der Waals surface area contributed by atoms with Crippen molar-refractivity contribution in [2.45, 2.75) is 23.7 Å². The molecule has 0 amide bonds. The van der Waals surface area contributed by atoms with Crippen LogP contribution in [0.25, 0.3) is 0 Å². The van der Waals surface area contributed by atoms with Crippen molar-refractivity contribution in [2.24, 2.45) is 0 Å². The monoisotopic (exact) mass is 395 g/mol. The lowest BCUT2D eigenvalue weighted by Crippen LogP contribution is -2.22. The van der Waals surface area contributed by atoms with Gasteiger partial charge in [0.1, 0.15) is 0 Å². The topological polar surface area (TPSA) is 3.24 Å². The second-order valence-electron chi connectivity index (χ2n) is 7.10. The van der Waals surface area contributed by atoms with E-state index in [1.165, 1.54) is 27.3 Å². The Bertz CT molecular complexity index is 941. The van der Waals surface area contributed by atoms with Gasteiger partial charge in [0.25, 0.3) is 0 Å². The lowest BCUT2D eigenvalue weighted by molar-refractivity contribution is 0.799. The van der Waals surface area contributed by atoms with E-state index in [9.17, 15) is 0 Å². The maximum Gasteiger partial charge on any atom is 0.0433 e. The zero-order valence-corrected chi connectivity index (χ0v) is 17.3. The van der Waals surface area contributed by atoms with E-state index < -0.39 is 0 Å². The van der Waals surface area contributed by atoms with E-state index in [1.807, 2.05) is 11.8 Å². The minimum atomic E-state index is 0.895. The summed E-state index contributed by atoms with van der Waals surface area (Å²) in [4.78, 5) is 3.74. The smallest absolute Gasteiger partial charge is 0.0433 e. The predicted octanol–water partition coefficient (Wildman–Crippen LogP) is 7.19. The molecule has 0 atom stereocenters. The fourth-order valence-corrected chi connectivity index (χ4v) is 4.19. The first kappa shape index (κ1) is 19.4. The zero-order valence-electron chi connectivity index (χ0n) is 16.4. The van der Waals surface area contributed by atoms with Gasteiger partial charge >= 0.3 is 0 Å². The summed E-state index contributed by atoms with van der Waals surface area (Å²) in [5, 5.41) is 0. The van der Waals surface area contributed by atoms with Crippen LogP contribution < -0.4 is 4.90 Å². The predicted molar refractivity (Wildman–Crippen MR) is 125 cm³/mol. The number of nitrogens with zero attached hydrogens (tertiary/aromatic N) is 1. The number of rotatable bonds is 8. The maximum atomic E-state index is 2.44. The van der Waals surface area contributed by atoms with E-state index >= 15 is 0 Å². The highest BCUT2D eigenvalue weighted by molar-refractivity contribution is 7.98. The highest BCUT2D eigenvalue weighted by Crippen LogP contribution is 2.27. The Morgan fingerprint density at radius 1 is 0.483 bits per heavy atom. The van der Waals surface area contributed by atoms with Gasteiger partial charge in [-0.3, -0.25) is 0 Å². The third kappa shape index (κ3) is 5.75. The summed E-state index contributed by atoms with van der Waals surface area (Å²) in [6.45, 7) is 1.79. The van der Waals surface area contributed by atoms with Crippen LogP contribution in [-0.2, 0) is 18.8 Å². The van der Waals surface area contributed by atoms with Gasteiger partial charge in [0, 0.05) is 29.4 Å². The van der Waals surface area contributed by atoms with Crippen LogP contribution in [0.5, 0.6) is 0 Å². The zero-order chi connectivity index (χ0) is 19.7. The molecule has 0 aliphatic heterocycles. The van der Waals surface area contributed by atoms with Gasteiger partial charge in [-0.25, -0.2) is 0 Å². The molecule has 0 bridgehead atoms. The lowest BCUT2D eigenvalue weighted by Gasteiger charge is -2.25. The van der Waals surface area contributed by atoms with Gasteiger partial charge in [0.05, 0.1) is 0 Å². The Morgan fingerprint density at radius 3 is 1.41 bits per heavy atom. The summed E-state index contributed by atoms with van der Waals surface area (Å²) in [5.74, 6) is 0.998.